The van der Waals surface area contributed by atoms with Gasteiger partial charge in [0.15, 0.2) is 0 Å². The largest absolute Gasteiger partial charge is 0.492 e. The van der Waals surface area contributed by atoms with Crippen LogP contribution in [0.2, 0.25) is 0 Å². The fourth-order valence-electron chi connectivity index (χ4n) is 3.67. The van der Waals surface area contributed by atoms with Gasteiger partial charge in [0.05, 0.1) is 6.54 Å². The van der Waals surface area contributed by atoms with Crippen molar-refractivity contribution in [1.82, 2.24) is 9.47 Å². The molecule has 5 heteroatoms. The Balaban J connectivity index is 1.58. The van der Waals surface area contributed by atoms with Crippen LogP contribution < -0.4 is 4.74 Å². The highest BCUT2D eigenvalue weighted by atomic mass is 79.9. The summed E-state index contributed by atoms with van der Waals surface area (Å²) in [6.45, 7) is 3.54. The number of ether oxygens (including phenoxy) is 1. The molecule has 0 saturated carbocycles. The highest BCUT2D eigenvalue weighted by Crippen LogP contribution is 2.28. The van der Waals surface area contributed by atoms with Crippen molar-refractivity contribution in [3.63, 3.8) is 0 Å². The van der Waals surface area contributed by atoms with E-state index in [1.54, 1.807) is 0 Å². The number of aromatic nitrogens is 1. The average Bonchev–Trinajstić information content (AvgIpc) is 3.06. The van der Waals surface area contributed by atoms with Gasteiger partial charge in [-0.3, -0.25) is 0 Å². The summed E-state index contributed by atoms with van der Waals surface area (Å²) in [5, 5.41) is 1.21. The lowest BCUT2D eigenvalue weighted by molar-refractivity contribution is 0.300. The van der Waals surface area contributed by atoms with E-state index in [1.165, 1.54) is 30.2 Å². The van der Waals surface area contributed by atoms with Crippen LogP contribution in [0.15, 0.2) is 59.2 Å². The Labute approximate surface area is 174 Å². The third kappa shape index (κ3) is 4.19. The van der Waals surface area contributed by atoms with Crippen LogP contribution in [0, 0.1) is 0 Å². The minimum atomic E-state index is 0.625. The molecule has 2 aromatic carbocycles. The molecule has 3 nitrogen and oxygen atoms in total. The van der Waals surface area contributed by atoms with Crippen LogP contribution >= 0.6 is 28.1 Å². The van der Waals surface area contributed by atoms with Crippen LogP contribution in [-0.2, 0) is 6.54 Å². The van der Waals surface area contributed by atoms with Crippen molar-refractivity contribution in [2.45, 2.75) is 25.8 Å². The quantitative estimate of drug-likeness (QED) is 0.475. The summed E-state index contributed by atoms with van der Waals surface area (Å²) in [5.41, 5.74) is 2.35. The summed E-state index contributed by atoms with van der Waals surface area (Å²) < 4.78 is 9.24. The molecule has 1 saturated heterocycles. The van der Waals surface area contributed by atoms with Gasteiger partial charge in [-0.15, -0.1) is 0 Å². The van der Waals surface area contributed by atoms with Gasteiger partial charge in [-0.05, 0) is 49.6 Å². The predicted octanol–water partition coefficient (Wildman–Crippen LogP) is 5.64. The van der Waals surface area contributed by atoms with Gasteiger partial charge in [0.2, 0.25) is 0 Å². The summed E-state index contributed by atoms with van der Waals surface area (Å²) in [5.74, 6) is 0.903. The van der Waals surface area contributed by atoms with Crippen LogP contribution in [0.4, 0.5) is 0 Å². The summed E-state index contributed by atoms with van der Waals surface area (Å²) in [6, 6.07) is 16.4. The molecule has 1 aliphatic rings. The molecule has 140 valence electrons. The fourth-order valence-corrected chi connectivity index (χ4v) is 4.38. The number of hydrogen-bond acceptors (Lipinski definition) is 2. The third-order valence-electron chi connectivity index (χ3n) is 5.06. The molecule has 1 fully saturated rings. The average molecular weight is 443 g/mol. The van der Waals surface area contributed by atoms with Crippen molar-refractivity contribution in [3.8, 4) is 5.75 Å². The first-order valence-corrected chi connectivity index (χ1v) is 10.7. The van der Waals surface area contributed by atoms with Crippen molar-refractivity contribution >= 4 is 44.0 Å². The topological polar surface area (TPSA) is 17.4 Å². The molecule has 0 N–H and O–H groups in total. The van der Waals surface area contributed by atoms with E-state index in [1.807, 2.05) is 30.3 Å². The third-order valence-corrected chi connectivity index (χ3v) is 6.03. The van der Waals surface area contributed by atoms with E-state index in [9.17, 15) is 0 Å². The first kappa shape index (κ1) is 18.5. The molecule has 27 heavy (non-hydrogen) atoms. The van der Waals surface area contributed by atoms with Gasteiger partial charge in [-0.2, -0.15) is 0 Å². The SMILES string of the molecule is S=C(c1cn(CCOc2ccccc2)c2ccc(Br)cc12)N1CCCCC1. The Bertz CT molecular complexity index is 932. The van der Waals surface area contributed by atoms with E-state index in [4.69, 9.17) is 17.0 Å². The summed E-state index contributed by atoms with van der Waals surface area (Å²) in [6.07, 6.45) is 5.96. The molecule has 3 aromatic rings. The highest BCUT2D eigenvalue weighted by Gasteiger charge is 2.19. The Hall–Kier alpha value is -1.85. The van der Waals surface area contributed by atoms with Crippen LogP contribution in [0.25, 0.3) is 10.9 Å². The molecule has 2 heterocycles. The monoisotopic (exact) mass is 442 g/mol. The van der Waals surface area contributed by atoms with Gasteiger partial charge in [-0.25, -0.2) is 0 Å². The molecule has 1 aliphatic heterocycles. The zero-order valence-corrected chi connectivity index (χ0v) is 17.6. The van der Waals surface area contributed by atoms with Crippen molar-refractivity contribution in [3.05, 3.63) is 64.8 Å². The van der Waals surface area contributed by atoms with Gasteiger partial charge in [0.1, 0.15) is 17.3 Å². The first-order valence-electron chi connectivity index (χ1n) is 9.48. The maximum atomic E-state index is 5.90. The summed E-state index contributed by atoms with van der Waals surface area (Å²) in [4.78, 5) is 3.33. The minimum absolute atomic E-state index is 0.625. The smallest absolute Gasteiger partial charge is 0.119 e. The number of halogens is 1. The maximum absolute atomic E-state index is 5.90. The van der Waals surface area contributed by atoms with E-state index >= 15 is 0 Å². The highest BCUT2D eigenvalue weighted by molar-refractivity contribution is 9.10. The van der Waals surface area contributed by atoms with Gasteiger partial charge < -0.3 is 14.2 Å². The lowest BCUT2D eigenvalue weighted by Gasteiger charge is -2.29. The van der Waals surface area contributed by atoms with Gasteiger partial charge in [-0.1, -0.05) is 46.3 Å². The van der Waals surface area contributed by atoms with E-state index in [2.05, 4.69) is 49.8 Å². The number of thiocarbonyl (C=S) groups is 1. The number of piperidine rings is 1. The molecule has 4 rings (SSSR count). The minimum Gasteiger partial charge on any atom is -0.492 e. The summed E-state index contributed by atoms with van der Waals surface area (Å²) in [7, 11) is 0. The van der Waals surface area contributed by atoms with E-state index in [0.717, 1.165) is 40.4 Å². The summed E-state index contributed by atoms with van der Waals surface area (Å²) >= 11 is 9.49. The van der Waals surface area contributed by atoms with Gasteiger partial charge >= 0.3 is 0 Å². The molecule has 0 aliphatic carbocycles. The number of fused-ring (bicyclic) bond motifs is 1. The molecule has 1 aromatic heterocycles. The van der Waals surface area contributed by atoms with Crippen molar-refractivity contribution in [2.75, 3.05) is 19.7 Å². The van der Waals surface area contributed by atoms with Crippen molar-refractivity contribution in [2.24, 2.45) is 0 Å². The Morgan fingerprint density at radius 1 is 1.04 bits per heavy atom. The molecule has 0 spiro atoms. The number of likely N-dealkylation sites (tertiary alicyclic amines) is 1. The standard InChI is InChI=1S/C22H23BrN2OS/c23-17-9-10-21-19(15-17)20(22(27)24-11-5-2-6-12-24)16-25(21)13-14-26-18-7-3-1-4-8-18/h1,3-4,7-10,15-16H,2,5-6,11-14H2. The predicted molar refractivity (Wildman–Crippen MR) is 119 cm³/mol. The lowest BCUT2D eigenvalue weighted by atomic mass is 10.1. The Morgan fingerprint density at radius 3 is 2.59 bits per heavy atom. The zero-order valence-electron chi connectivity index (χ0n) is 15.2. The number of nitrogens with zero attached hydrogens (tertiary/aromatic N) is 2. The molecule has 0 atom stereocenters. The van der Waals surface area contributed by atoms with E-state index in [0.29, 0.717) is 6.61 Å². The van der Waals surface area contributed by atoms with Gasteiger partial charge in [0, 0.05) is 40.2 Å². The second-order valence-electron chi connectivity index (χ2n) is 6.91. The second-order valence-corrected chi connectivity index (χ2v) is 8.21. The van der Waals surface area contributed by atoms with Crippen molar-refractivity contribution < 1.29 is 4.74 Å². The molecule has 0 radical (unpaired) electrons. The Morgan fingerprint density at radius 2 is 1.81 bits per heavy atom. The number of benzene rings is 2. The first-order chi connectivity index (χ1) is 13.2. The number of para-hydroxylation sites is 1. The van der Waals surface area contributed by atoms with Crippen LogP contribution in [-0.4, -0.2) is 34.2 Å². The van der Waals surface area contributed by atoms with Crippen LogP contribution in [0.3, 0.4) is 0 Å². The molecular formula is C22H23BrN2OS. The van der Waals surface area contributed by atoms with Crippen LogP contribution in [0.1, 0.15) is 24.8 Å². The normalized spacial score (nSPS) is 14.5. The van der Waals surface area contributed by atoms with Gasteiger partial charge in [0.25, 0.3) is 0 Å². The van der Waals surface area contributed by atoms with Crippen LogP contribution in [0.5, 0.6) is 5.75 Å². The Kier molecular flexibility index (Phi) is 5.79. The van der Waals surface area contributed by atoms with Crippen molar-refractivity contribution in [1.29, 1.82) is 0 Å². The number of hydrogen-bond donors (Lipinski definition) is 0. The molecule has 0 amide bonds. The molecule has 0 unspecified atom stereocenters. The zero-order chi connectivity index (χ0) is 18.6. The second kappa shape index (κ2) is 8.44. The maximum Gasteiger partial charge on any atom is 0.119 e. The van der Waals surface area contributed by atoms with E-state index < -0.39 is 0 Å². The molecule has 0 bridgehead atoms. The number of rotatable bonds is 5. The van der Waals surface area contributed by atoms with E-state index in [-0.39, 0.29) is 0 Å². The fraction of sp³-hybridized carbons (Fsp3) is 0.318. The molecular weight excluding hydrogens is 420 g/mol. The lowest BCUT2D eigenvalue weighted by Crippen LogP contribution is -2.34.